The quantitative estimate of drug-likeness (QED) is 0.535. The number of carbonyl (C=O) groups excluding carboxylic acids is 1. The SMILES string of the molecule is O=C(N/N=C/c1c[nH]c2ccc(Br)cc12)c1ccc2c(c1)OCO2. The van der Waals surface area contributed by atoms with Gasteiger partial charge < -0.3 is 14.5 Å². The minimum absolute atomic E-state index is 0.175. The van der Waals surface area contributed by atoms with Crippen LogP contribution in [-0.4, -0.2) is 23.9 Å². The minimum atomic E-state index is -0.314. The highest BCUT2D eigenvalue weighted by Crippen LogP contribution is 2.32. The first-order chi connectivity index (χ1) is 11.7. The number of hydrogen-bond acceptors (Lipinski definition) is 4. The van der Waals surface area contributed by atoms with Crippen LogP contribution in [0.1, 0.15) is 15.9 Å². The van der Waals surface area contributed by atoms with E-state index in [1.165, 1.54) is 0 Å². The predicted octanol–water partition coefficient (Wildman–Crippen LogP) is 3.42. The molecule has 0 spiro atoms. The first-order valence-corrected chi connectivity index (χ1v) is 8.00. The van der Waals surface area contributed by atoms with Crippen molar-refractivity contribution in [3.63, 3.8) is 0 Å². The summed E-state index contributed by atoms with van der Waals surface area (Å²) < 4.78 is 11.5. The number of aromatic amines is 1. The average molecular weight is 386 g/mol. The number of halogens is 1. The second-order valence-electron chi connectivity index (χ2n) is 5.20. The van der Waals surface area contributed by atoms with Crippen LogP contribution >= 0.6 is 15.9 Å². The van der Waals surface area contributed by atoms with Crippen LogP contribution in [0.15, 0.2) is 52.2 Å². The van der Waals surface area contributed by atoms with E-state index < -0.39 is 0 Å². The molecule has 1 aliphatic rings. The lowest BCUT2D eigenvalue weighted by Crippen LogP contribution is -2.17. The van der Waals surface area contributed by atoms with Crippen LogP contribution in [0.5, 0.6) is 11.5 Å². The molecule has 1 aliphatic heterocycles. The molecule has 0 atom stereocenters. The molecule has 120 valence electrons. The molecule has 2 N–H and O–H groups in total. The van der Waals surface area contributed by atoms with E-state index in [9.17, 15) is 4.79 Å². The Bertz CT molecular complexity index is 965. The van der Waals surface area contributed by atoms with Crippen molar-refractivity contribution < 1.29 is 14.3 Å². The van der Waals surface area contributed by atoms with E-state index in [-0.39, 0.29) is 12.7 Å². The maximum Gasteiger partial charge on any atom is 0.271 e. The number of H-pyrrole nitrogens is 1. The Kier molecular flexibility index (Phi) is 3.70. The maximum atomic E-state index is 12.2. The highest BCUT2D eigenvalue weighted by molar-refractivity contribution is 9.10. The molecule has 7 heteroatoms. The van der Waals surface area contributed by atoms with E-state index in [1.54, 1.807) is 24.4 Å². The summed E-state index contributed by atoms with van der Waals surface area (Å²) in [5.41, 5.74) is 4.86. The Hall–Kier alpha value is -2.80. The third kappa shape index (κ3) is 2.74. The molecule has 24 heavy (non-hydrogen) atoms. The van der Waals surface area contributed by atoms with Gasteiger partial charge in [-0.3, -0.25) is 4.79 Å². The van der Waals surface area contributed by atoms with E-state index >= 15 is 0 Å². The summed E-state index contributed by atoms with van der Waals surface area (Å²) in [7, 11) is 0. The topological polar surface area (TPSA) is 75.7 Å². The van der Waals surface area contributed by atoms with Crippen molar-refractivity contribution in [1.29, 1.82) is 0 Å². The zero-order chi connectivity index (χ0) is 16.5. The van der Waals surface area contributed by atoms with Crippen LogP contribution < -0.4 is 14.9 Å². The summed E-state index contributed by atoms with van der Waals surface area (Å²) in [5.74, 6) is 0.887. The molecule has 1 amide bonds. The van der Waals surface area contributed by atoms with Gasteiger partial charge in [0.15, 0.2) is 11.5 Å². The van der Waals surface area contributed by atoms with Gasteiger partial charge in [-0.15, -0.1) is 0 Å². The molecule has 0 unspecified atom stereocenters. The molecular formula is C17H12BrN3O3. The zero-order valence-electron chi connectivity index (χ0n) is 12.4. The largest absolute Gasteiger partial charge is 0.454 e. The van der Waals surface area contributed by atoms with Gasteiger partial charge in [0, 0.05) is 32.7 Å². The van der Waals surface area contributed by atoms with Gasteiger partial charge in [0.05, 0.1) is 6.21 Å². The number of ether oxygens (including phenoxy) is 2. The number of hydrazone groups is 1. The summed E-state index contributed by atoms with van der Waals surface area (Å²) in [6.45, 7) is 0.175. The number of aromatic nitrogens is 1. The normalized spacial score (nSPS) is 12.9. The second-order valence-corrected chi connectivity index (χ2v) is 6.12. The predicted molar refractivity (Wildman–Crippen MR) is 93.6 cm³/mol. The summed E-state index contributed by atoms with van der Waals surface area (Å²) in [5, 5.41) is 5.05. The fourth-order valence-electron chi connectivity index (χ4n) is 2.48. The smallest absolute Gasteiger partial charge is 0.271 e. The van der Waals surface area contributed by atoms with Crippen LogP contribution in [0, 0.1) is 0 Å². The monoisotopic (exact) mass is 385 g/mol. The minimum Gasteiger partial charge on any atom is -0.454 e. The molecule has 0 saturated heterocycles. The van der Waals surface area contributed by atoms with E-state index in [0.717, 1.165) is 20.9 Å². The van der Waals surface area contributed by atoms with Crippen LogP contribution in [-0.2, 0) is 0 Å². The maximum absolute atomic E-state index is 12.2. The van der Waals surface area contributed by atoms with Crippen LogP contribution in [0.4, 0.5) is 0 Å². The summed E-state index contributed by atoms with van der Waals surface area (Å²) in [4.78, 5) is 15.3. The number of nitrogens with one attached hydrogen (secondary N) is 2. The molecule has 3 aromatic rings. The van der Waals surface area contributed by atoms with E-state index in [4.69, 9.17) is 9.47 Å². The third-order valence-electron chi connectivity index (χ3n) is 3.68. The highest BCUT2D eigenvalue weighted by atomic mass is 79.9. The molecule has 0 radical (unpaired) electrons. The number of carbonyl (C=O) groups is 1. The molecular weight excluding hydrogens is 374 g/mol. The lowest BCUT2D eigenvalue weighted by atomic mass is 10.2. The van der Waals surface area contributed by atoms with Gasteiger partial charge in [0.25, 0.3) is 5.91 Å². The molecule has 2 aromatic carbocycles. The first kappa shape index (κ1) is 14.8. The molecule has 0 fully saturated rings. The molecule has 6 nitrogen and oxygen atoms in total. The van der Waals surface area contributed by atoms with Crippen molar-refractivity contribution in [3.05, 3.63) is 58.2 Å². The Labute approximate surface area is 145 Å². The van der Waals surface area contributed by atoms with Crippen molar-refractivity contribution in [3.8, 4) is 11.5 Å². The lowest BCUT2D eigenvalue weighted by molar-refractivity contribution is 0.0954. The van der Waals surface area contributed by atoms with Gasteiger partial charge in [-0.25, -0.2) is 5.43 Å². The van der Waals surface area contributed by atoms with Crippen LogP contribution in [0.2, 0.25) is 0 Å². The van der Waals surface area contributed by atoms with Crippen molar-refractivity contribution in [2.45, 2.75) is 0 Å². The second kappa shape index (κ2) is 6.01. The standard InChI is InChI=1S/C17H12BrN3O3/c18-12-2-3-14-13(6-12)11(7-19-14)8-20-21-17(22)10-1-4-15-16(5-10)24-9-23-15/h1-8,19H,9H2,(H,21,22)/b20-8+. The third-order valence-corrected chi connectivity index (χ3v) is 4.17. The first-order valence-electron chi connectivity index (χ1n) is 7.20. The number of nitrogens with zero attached hydrogens (tertiary/aromatic N) is 1. The lowest BCUT2D eigenvalue weighted by Gasteiger charge is -2.01. The van der Waals surface area contributed by atoms with Crippen LogP contribution in [0.3, 0.4) is 0 Å². The van der Waals surface area contributed by atoms with Gasteiger partial charge >= 0.3 is 0 Å². The molecule has 1 aromatic heterocycles. The number of benzene rings is 2. The highest BCUT2D eigenvalue weighted by Gasteiger charge is 2.15. The van der Waals surface area contributed by atoms with Gasteiger partial charge in [-0.2, -0.15) is 5.10 Å². The van der Waals surface area contributed by atoms with Gasteiger partial charge in [0.1, 0.15) is 0 Å². The summed E-state index contributed by atoms with van der Waals surface area (Å²) in [6, 6.07) is 10.9. The number of amides is 1. The molecule has 2 heterocycles. The van der Waals surface area contributed by atoms with Crippen molar-refractivity contribution in [2.75, 3.05) is 6.79 Å². The van der Waals surface area contributed by atoms with Gasteiger partial charge in [-0.05, 0) is 36.4 Å². The van der Waals surface area contributed by atoms with Crippen molar-refractivity contribution in [1.82, 2.24) is 10.4 Å². The molecule has 0 saturated carbocycles. The Morgan fingerprint density at radius 3 is 3.00 bits per heavy atom. The summed E-state index contributed by atoms with van der Waals surface area (Å²) in [6.07, 6.45) is 3.45. The van der Waals surface area contributed by atoms with Crippen LogP contribution in [0.25, 0.3) is 10.9 Å². The Morgan fingerprint density at radius 2 is 2.08 bits per heavy atom. The average Bonchev–Trinajstić information content (AvgIpc) is 3.20. The van der Waals surface area contributed by atoms with E-state index in [0.29, 0.717) is 17.1 Å². The summed E-state index contributed by atoms with van der Waals surface area (Å²) >= 11 is 3.45. The molecule has 4 rings (SSSR count). The van der Waals surface area contributed by atoms with Gasteiger partial charge in [-0.1, -0.05) is 15.9 Å². The van der Waals surface area contributed by atoms with E-state index in [1.807, 2.05) is 24.4 Å². The Morgan fingerprint density at radius 1 is 1.21 bits per heavy atom. The van der Waals surface area contributed by atoms with Gasteiger partial charge in [0.2, 0.25) is 6.79 Å². The molecule has 0 bridgehead atoms. The fourth-order valence-corrected chi connectivity index (χ4v) is 2.85. The number of rotatable bonds is 3. The number of hydrogen-bond donors (Lipinski definition) is 2. The van der Waals surface area contributed by atoms with E-state index in [2.05, 4.69) is 31.4 Å². The zero-order valence-corrected chi connectivity index (χ0v) is 14.0. The fraction of sp³-hybridized carbons (Fsp3) is 0.0588. The molecule has 0 aliphatic carbocycles. The van der Waals surface area contributed by atoms with Crippen molar-refractivity contribution in [2.24, 2.45) is 5.10 Å². The van der Waals surface area contributed by atoms with Crippen molar-refractivity contribution >= 4 is 39.0 Å². The Balaban J connectivity index is 1.50. The number of fused-ring (bicyclic) bond motifs is 2.